The molecule has 2 aromatic rings. The predicted octanol–water partition coefficient (Wildman–Crippen LogP) is 4.74. The molecule has 24 heavy (non-hydrogen) atoms. The van der Waals surface area contributed by atoms with Crippen LogP contribution in [0.4, 0.5) is 5.69 Å². The Morgan fingerprint density at radius 3 is 2.83 bits per heavy atom. The fourth-order valence-electron chi connectivity index (χ4n) is 3.32. The van der Waals surface area contributed by atoms with Crippen molar-refractivity contribution >= 4 is 11.4 Å². The highest BCUT2D eigenvalue weighted by atomic mass is 16.5. The minimum absolute atomic E-state index is 0.822. The van der Waals surface area contributed by atoms with Gasteiger partial charge in [0.2, 0.25) is 0 Å². The van der Waals surface area contributed by atoms with Gasteiger partial charge in [0.15, 0.2) is 5.75 Å². The van der Waals surface area contributed by atoms with E-state index in [1.165, 1.54) is 11.1 Å². The van der Waals surface area contributed by atoms with Crippen LogP contribution >= 0.6 is 0 Å². The minimum Gasteiger partial charge on any atom is -0.454 e. The number of aliphatic imine (C=N–C) groups is 1. The van der Waals surface area contributed by atoms with Crippen LogP contribution in [0.3, 0.4) is 0 Å². The van der Waals surface area contributed by atoms with Crippen molar-refractivity contribution in [3.05, 3.63) is 65.2 Å². The Morgan fingerprint density at radius 2 is 2.00 bits per heavy atom. The normalized spacial score (nSPS) is 17.1. The number of fused-ring (bicyclic) bond motifs is 2. The zero-order chi connectivity index (χ0) is 16.5. The summed E-state index contributed by atoms with van der Waals surface area (Å²) in [7, 11) is 2.16. The van der Waals surface area contributed by atoms with Crippen LogP contribution in [0.15, 0.2) is 59.1 Å². The van der Waals surface area contributed by atoms with Gasteiger partial charge in [0, 0.05) is 18.7 Å². The molecular weight excluding hydrogens is 296 g/mol. The second-order valence-electron chi connectivity index (χ2n) is 6.47. The van der Waals surface area contributed by atoms with Gasteiger partial charge in [0.25, 0.3) is 0 Å². The van der Waals surface area contributed by atoms with E-state index in [2.05, 4.69) is 43.1 Å². The largest absolute Gasteiger partial charge is 0.454 e. The van der Waals surface area contributed by atoms with Crippen LogP contribution in [0.5, 0.6) is 11.5 Å². The molecule has 0 saturated carbocycles. The summed E-state index contributed by atoms with van der Waals surface area (Å²) >= 11 is 0. The molecule has 0 saturated heterocycles. The van der Waals surface area contributed by atoms with Gasteiger partial charge in [-0.1, -0.05) is 31.2 Å². The summed E-state index contributed by atoms with van der Waals surface area (Å²) in [5.41, 5.74) is 5.65. The molecule has 0 amide bonds. The average Bonchev–Trinajstić information content (AvgIpc) is 2.77. The molecule has 0 aliphatic carbocycles. The third-order valence-electron chi connectivity index (χ3n) is 4.67. The third kappa shape index (κ3) is 2.76. The molecule has 0 N–H and O–H groups in total. The first-order chi connectivity index (χ1) is 11.7. The standard InChI is InChI=1S/C21H22N2O/c1-3-15-10-11-19-17(13-15)21(16-7-6-12-23(2)14-16)22-18-8-4-5-9-20(18)24-19/h4-5,7-11,13H,3,6,12,14H2,1-2H3. The monoisotopic (exact) mass is 318 g/mol. The molecule has 0 spiro atoms. The second kappa shape index (κ2) is 6.25. The molecule has 4 rings (SSSR count). The van der Waals surface area contributed by atoms with Gasteiger partial charge in [-0.2, -0.15) is 0 Å². The van der Waals surface area contributed by atoms with E-state index in [1.54, 1.807) is 0 Å². The first-order valence-electron chi connectivity index (χ1n) is 8.61. The van der Waals surface area contributed by atoms with Gasteiger partial charge in [-0.15, -0.1) is 0 Å². The summed E-state index contributed by atoms with van der Waals surface area (Å²) in [4.78, 5) is 7.36. The number of rotatable bonds is 2. The summed E-state index contributed by atoms with van der Waals surface area (Å²) in [5.74, 6) is 1.72. The lowest BCUT2D eigenvalue weighted by molar-refractivity contribution is 0.360. The number of nitrogens with zero attached hydrogens (tertiary/aromatic N) is 2. The van der Waals surface area contributed by atoms with E-state index in [1.807, 2.05) is 24.3 Å². The Balaban J connectivity index is 1.91. The highest BCUT2D eigenvalue weighted by Crippen LogP contribution is 2.39. The second-order valence-corrected chi connectivity index (χ2v) is 6.47. The first-order valence-corrected chi connectivity index (χ1v) is 8.61. The maximum Gasteiger partial charge on any atom is 0.153 e. The van der Waals surface area contributed by atoms with Crippen molar-refractivity contribution in [2.45, 2.75) is 19.8 Å². The van der Waals surface area contributed by atoms with E-state index in [9.17, 15) is 0 Å². The molecular formula is C21H22N2O. The number of likely N-dealkylation sites (N-methyl/N-ethyl adjacent to an activating group) is 1. The predicted molar refractivity (Wildman–Crippen MR) is 98.7 cm³/mol. The van der Waals surface area contributed by atoms with Crippen LogP contribution < -0.4 is 4.74 Å². The van der Waals surface area contributed by atoms with Crippen molar-refractivity contribution in [2.24, 2.45) is 4.99 Å². The minimum atomic E-state index is 0.822. The highest BCUT2D eigenvalue weighted by molar-refractivity contribution is 6.16. The molecule has 2 aromatic carbocycles. The molecule has 0 unspecified atom stereocenters. The summed E-state index contributed by atoms with van der Waals surface area (Å²) in [5, 5.41) is 0. The molecule has 0 atom stereocenters. The van der Waals surface area contributed by atoms with Gasteiger partial charge in [0.1, 0.15) is 11.4 Å². The number of ether oxygens (including phenoxy) is 1. The van der Waals surface area contributed by atoms with Crippen LogP contribution in [0.2, 0.25) is 0 Å². The van der Waals surface area contributed by atoms with Crippen molar-refractivity contribution < 1.29 is 4.74 Å². The van der Waals surface area contributed by atoms with Crippen molar-refractivity contribution in [2.75, 3.05) is 20.1 Å². The quantitative estimate of drug-likeness (QED) is 0.799. The molecule has 122 valence electrons. The number of aryl methyl sites for hydroxylation is 1. The van der Waals surface area contributed by atoms with Gasteiger partial charge in [0.05, 0.1) is 5.71 Å². The molecule has 2 aliphatic heterocycles. The Labute approximate surface area is 143 Å². The zero-order valence-corrected chi connectivity index (χ0v) is 14.2. The Hall–Kier alpha value is -2.39. The van der Waals surface area contributed by atoms with E-state index in [0.29, 0.717) is 0 Å². The van der Waals surface area contributed by atoms with Crippen molar-refractivity contribution in [1.29, 1.82) is 0 Å². The fourth-order valence-corrected chi connectivity index (χ4v) is 3.32. The number of hydrogen-bond donors (Lipinski definition) is 0. The molecule has 3 nitrogen and oxygen atoms in total. The fraction of sp³-hybridized carbons (Fsp3) is 0.286. The number of hydrogen-bond acceptors (Lipinski definition) is 3. The van der Waals surface area contributed by atoms with Crippen molar-refractivity contribution in [3.63, 3.8) is 0 Å². The lowest BCUT2D eigenvalue weighted by Crippen LogP contribution is -2.29. The van der Waals surface area contributed by atoms with Gasteiger partial charge >= 0.3 is 0 Å². The van der Waals surface area contributed by atoms with E-state index in [0.717, 1.165) is 54.4 Å². The molecule has 0 bridgehead atoms. The maximum atomic E-state index is 6.19. The van der Waals surface area contributed by atoms with E-state index in [-0.39, 0.29) is 0 Å². The lowest BCUT2D eigenvalue weighted by atomic mass is 9.96. The number of benzene rings is 2. The SMILES string of the molecule is CCc1ccc2c(c1)C(C1=CCCN(C)C1)=Nc1ccccc1O2. The third-order valence-corrected chi connectivity index (χ3v) is 4.67. The average molecular weight is 318 g/mol. The molecule has 0 radical (unpaired) electrons. The van der Waals surface area contributed by atoms with Gasteiger partial charge in [-0.05, 0) is 55.3 Å². The summed E-state index contributed by atoms with van der Waals surface area (Å²) in [6.07, 6.45) is 4.40. The van der Waals surface area contributed by atoms with Gasteiger partial charge in [-0.25, -0.2) is 4.99 Å². The first kappa shape index (κ1) is 15.2. The van der Waals surface area contributed by atoms with Crippen molar-refractivity contribution in [1.82, 2.24) is 4.90 Å². The summed E-state index contributed by atoms with van der Waals surface area (Å²) in [6, 6.07) is 14.5. The summed E-state index contributed by atoms with van der Waals surface area (Å²) in [6.45, 7) is 4.21. The van der Waals surface area contributed by atoms with Gasteiger partial charge < -0.3 is 9.64 Å². The van der Waals surface area contributed by atoms with E-state index >= 15 is 0 Å². The number of para-hydroxylation sites is 2. The molecule has 2 heterocycles. The van der Waals surface area contributed by atoms with Crippen LogP contribution in [-0.4, -0.2) is 30.7 Å². The molecule has 0 fully saturated rings. The lowest BCUT2D eigenvalue weighted by Gasteiger charge is -2.24. The Bertz CT molecular complexity index is 835. The van der Waals surface area contributed by atoms with Gasteiger partial charge in [-0.3, -0.25) is 0 Å². The van der Waals surface area contributed by atoms with E-state index < -0.39 is 0 Å². The topological polar surface area (TPSA) is 24.8 Å². The van der Waals surface area contributed by atoms with Crippen LogP contribution in [0, 0.1) is 0 Å². The van der Waals surface area contributed by atoms with Crippen LogP contribution in [-0.2, 0) is 6.42 Å². The molecule has 2 aliphatic rings. The Kier molecular flexibility index (Phi) is 3.95. The molecule has 3 heteroatoms. The van der Waals surface area contributed by atoms with Crippen LogP contribution in [0.1, 0.15) is 24.5 Å². The van der Waals surface area contributed by atoms with Crippen molar-refractivity contribution in [3.8, 4) is 11.5 Å². The Morgan fingerprint density at radius 1 is 1.12 bits per heavy atom. The summed E-state index contributed by atoms with van der Waals surface area (Å²) < 4.78 is 6.19. The van der Waals surface area contributed by atoms with Crippen LogP contribution in [0.25, 0.3) is 0 Å². The smallest absolute Gasteiger partial charge is 0.153 e. The van der Waals surface area contributed by atoms with E-state index in [4.69, 9.17) is 9.73 Å². The maximum absolute atomic E-state index is 6.19. The zero-order valence-electron chi connectivity index (χ0n) is 14.2. The molecule has 0 aromatic heterocycles. The highest BCUT2D eigenvalue weighted by Gasteiger charge is 2.23.